The Bertz CT molecular complexity index is 2770. The van der Waals surface area contributed by atoms with E-state index in [4.69, 9.17) is 9.47 Å². The Hall–Kier alpha value is -6.61. The second-order valence-electron chi connectivity index (χ2n) is 14.2. The van der Waals surface area contributed by atoms with E-state index >= 15 is 0 Å². The smallest absolute Gasteiger partial charge is 0.243 e. The topological polar surface area (TPSA) is 226 Å². The van der Waals surface area contributed by atoms with Crippen LogP contribution in [-0.4, -0.2) is 90.7 Å². The van der Waals surface area contributed by atoms with E-state index in [0.717, 1.165) is 29.6 Å². The lowest BCUT2D eigenvalue weighted by Gasteiger charge is -2.29. The zero-order valence-corrected chi connectivity index (χ0v) is 37.1. The number of sulfonamides is 3. The molecule has 18 heteroatoms. The van der Waals surface area contributed by atoms with E-state index in [1.807, 2.05) is 24.3 Å². The van der Waals surface area contributed by atoms with Crippen molar-refractivity contribution in [2.75, 3.05) is 52.5 Å². The molecule has 324 valence electrons. The molecule has 0 aliphatic rings. The van der Waals surface area contributed by atoms with Gasteiger partial charge in [0.2, 0.25) is 30.1 Å². The number of aryl methyl sites for hydroxylation is 3. The third-order valence-corrected chi connectivity index (χ3v) is 15.6. The van der Waals surface area contributed by atoms with Crippen molar-refractivity contribution in [1.82, 2.24) is 12.9 Å². The van der Waals surface area contributed by atoms with Gasteiger partial charge in [0.15, 0.2) is 0 Å². The van der Waals surface area contributed by atoms with Gasteiger partial charge in [-0.05, 0) is 93.6 Å². The molecule has 5 rings (SSSR count). The van der Waals surface area contributed by atoms with Crippen molar-refractivity contribution in [2.24, 2.45) is 0 Å². The second kappa shape index (κ2) is 21.0. The minimum absolute atomic E-state index is 0.0503. The average Bonchev–Trinajstić information content (AvgIpc) is 3.27. The number of ether oxygens (including phenoxy) is 2. The first-order valence-electron chi connectivity index (χ1n) is 19.4. The van der Waals surface area contributed by atoms with E-state index in [-0.39, 0.29) is 87.8 Å². The summed E-state index contributed by atoms with van der Waals surface area (Å²) in [6.45, 7) is 2.86. The number of hydrogen-bond donors (Lipinski definition) is 0. The van der Waals surface area contributed by atoms with Crippen molar-refractivity contribution in [3.05, 3.63) is 148 Å². The highest BCUT2D eigenvalue weighted by Gasteiger charge is 2.32. The number of benzene rings is 5. The Kier molecular flexibility index (Phi) is 15.8. The van der Waals surface area contributed by atoms with Gasteiger partial charge < -0.3 is 9.47 Å². The molecule has 0 spiro atoms. The predicted molar refractivity (Wildman–Crippen MR) is 233 cm³/mol. The van der Waals surface area contributed by atoms with Gasteiger partial charge in [0.25, 0.3) is 0 Å². The highest BCUT2D eigenvalue weighted by atomic mass is 32.2. The van der Waals surface area contributed by atoms with Crippen LogP contribution >= 0.6 is 0 Å². The predicted octanol–water partition coefficient (Wildman–Crippen LogP) is 5.63. The van der Waals surface area contributed by atoms with Gasteiger partial charge in [-0.2, -0.15) is 34.0 Å². The van der Waals surface area contributed by atoms with E-state index < -0.39 is 43.2 Å². The van der Waals surface area contributed by atoms with Gasteiger partial charge in [0.05, 0.1) is 36.9 Å². The van der Waals surface area contributed by atoms with Gasteiger partial charge in [0, 0.05) is 39.3 Å². The summed E-state index contributed by atoms with van der Waals surface area (Å²) in [6.07, 6.45) is 0. The van der Waals surface area contributed by atoms with Crippen LogP contribution in [0.5, 0.6) is 11.5 Å². The number of hydrogen-bond acceptors (Lipinski definition) is 12. The highest BCUT2D eigenvalue weighted by Crippen LogP contribution is 2.23. The standard InChI is InChI=1S/C45H43N7O8S3/c1-34-4-14-43(15-5-34)61(53,54)50(20-22-51(62(55,56)44-16-6-35(2)7-17-44)24-26-59-41-12-10-37(30-46)39(28-41)32-48)21-23-52(63(57,58)45-18-8-36(3)9-19-45)25-27-60-42-13-11-38(31-47)40(29-42)33-49/h4-19,28-29H,20-27H2,1-3H3. The lowest BCUT2D eigenvalue weighted by Crippen LogP contribution is -2.46. The van der Waals surface area contributed by atoms with E-state index in [2.05, 4.69) is 0 Å². The summed E-state index contributed by atoms with van der Waals surface area (Å²) in [4.78, 5) is -0.194. The SMILES string of the molecule is Cc1ccc(S(=O)(=O)N(CCOc2ccc(C#N)c(C#N)c2)CCN(CCN(CCOc2ccc(C#N)c(C#N)c2)S(=O)(=O)c2ccc(C)cc2)S(=O)(=O)c2ccc(C)cc2)cc1. The van der Waals surface area contributed by atoms with Crippen LogP contribution in [0.4, 0.5) is 0 Å². The number of nitriles is 4. The quantitative estimate of drug-likeness (QED) is 0.0927. The summed E-state index contributed by atoms with van der Waals surface area (Å²) < 4.78 is 101. The monoisotopic (exact) mass is 905 g/mol. The van der Waals surface area contributed by atoms with E-state index in [1.165, 1.54) is 72.8 Å². The Labute approximate surface area is 368 Å². The maximum Gasteiger partial charge on any atom is 0.243 e. The van der Waals surface area contributed by atoms with Gasteiger partial charge in [-0.1, -0.05) is 53.1 Å². The van der Waals surface area contributed by atoms with Crippen LogP contribution in [0.3, 0.4) is 0 Å². The summed E-state index contributed by atoms with van der Waals surface area (Å²) in [5, 5.41) is 37.6. The first-order valence-corrected chi connectivity index (χ1v) is 23.7. The van der Waals surface area contributed by atoms with Crippen LogP contribution in [0.15, 0.2) is 124 Å². The van der Waals surface area contributed by atoms with Gasteiger partial charge >= 0.3 is 0 Å². The molecule has 0 atom stereocenters. The third-order valence-electron chi connectivity index (χ3n) is 9.86. The van der Waals surface area contributed by atoms with Crippen molar-refractivity contribution in [3.8, 4) is 35.8 Å². The van der Waals surface area contributed by atoms with E-state index in [1.54, 1.807) is 57.2 Å². The van der Waals surface area contributed by atoms with Crippen molar-refractivity contribution in [3.63, 3.8) is 0 Å². The molecule has 0 radical (unpaired) electrons. The third kappa shape index (κ3) is 11.9. The highest BCUT2D eigenvalue weighted by molar-refractivity contribution is 7.89. The van der Waals surface area contributed by atoms with Crippen LogP contribution in [0, 0.1) is 66.1 Å². The number of nitrogens with zero attached hydrogens (tertiary/aromatic N) is 7. The molecule has 0 saturated carbocycles. The van der Waals surface area contributed by atoms with Gasteiger partial charge in [-0.15, -0.1) is 0 Å². The Morgan fingerprint density at radius 3 is 0.937 bits per heavy atom. The molecule has 5 aromatic carbocycles. The summed E-state index contributed by atoms with van der Waals surface area (Å²) >= 11 is 0. The van der Waals surface area contributed by atoms with E-state index in [9.17, 15) is 46.3 Å². The lowest BCUT2D eigenvalue weighted by molar-refractivity contribution is 0.250. The van der Waals surface area contributed by atoms with E-state index in [0.29, 0.717) is 0 Å². The molecule has 0 heterocycles. The molecule has 0 fully saturated rings. The summed E-state index contributed by atoms with van der Waals surface area (Å²) in [6, 6.07) is 34.5. The lowest BCUT2D eigenvalue weighted by atomic mass is 10.1. The molecule has 5 aromatic rings. The van der Waals surface area contributed by atoms with Gasteiger partial charge in [-0.25, -0.2) is 25.3 Å². The van der Waals surface area contributed by atoms with Crippen LogP contribution in [0.2, 0.25) is 0 Å². The number of rotatable bonds is 20. The molecule has 0 saturated heterocycles. The minimum Gasteiger partial charge on any atom is -0.492 e. The summed E-state index contributed by atoms with van der Waals surface area (Å²) in [7, 11) is -12.9. The Morgan fingerprint density at radius 1 is 0.397 bits per heavy atom. The van der Waals surface area contributed by atoms with Crippen LogP contribution in [0.1, 0.15) is 38.9 Å². The first kappa shape index (κ1) is 47.4. The van der Waals surface area contributed by atoms with Gasteiger partial charge in [-0.3, -0.25) is 0 Å². The van der Waals surface area contributed by atoms with Crippen molar-refractivity contribution < 1.29 is 34.7 Å². The molecule has 0 aliphatic heterocycles. The second-order valence-corrected chi connectivity index (χ2v) is 20.0. The molecule has 63 heavy (non-hydrogen) atoms. The Morgan fingerprint density at radius 2 is 0.667 bits per heavy atom. The fraction of sp³-hybridized carbons (Fsp3) is 0.244. The maximum absolute atomic E-state index is 14.4. The van der Waals surface area contributed by atoms with Crippen LogP contribution < -0.4 is 9.47 Å². The average molecular weight is 906 g/mol. The van der Waals surface area contributed by atoms with Crippen molar-refractivity contribution in [1.29, 1.82) is 21.0 Å². The molecular formula is C45H43N7O8S3. The zero-order valence-electron chi connectivity index (χ0n) is 34.7. The van der Waals surface area contributed by atoms with Crippen LogP contribution in [0.25, 0.3) is 0 Å². The largest absolute Gasteiger partial charge is 0.492 e. The van der Waals surface area contributed by atoms with Crippen molar-refractivity contribution >= 4 is 30.1 Å². The maximum atomic E-state index is 14.4. The normalized spacial score (nSPS) is 11.7. The summed E-state index contributed by atoms with van der Waals surface area (Å²) in [5.74, 6) is 0.427. The zero-order chi connectivity index (χ0) is 45.8. The first-order chi connectivity index (χ1) is 30.0. The molecule has 0 N–H and O–H groups in total. The fourth-order valence-electron chi connectivity index (χ4n) is 6.22. The fourth-order valence-corrected chi connectivity index (χ4v) is 10.5. The molecule has 0 aromatic heterocycles. The molecular weight excluding hydrogens is 863 g/mol. The minimum atomic E-state index is -4.38. The molecule has 0 bridgehead atoms. The van der Waals surface area contributed by atoms with Gasteiger partial charge in [0.1, 0.15) is 49.0 Å². The van der Waals surface area contributed by atoms with Crippen LogP contribution in [-0.2, 0) is 30.1 Å². The molecule has 0 unspecified atom stereocenters. The Balaban J connectivity index is 1.46. The molecule has 0 aliphatic carbocycles. The molecule has 0 amide bonds. The summed E-state index contributed by atoms with van der Waals surface area (Å²) in [5.41, 5.74) is 2.84. The molecule has 15 nitrogen and oxygen atoms in total. The van der Waals surface area contributed by atoms with Crippen molar-refractivity contribution in [2.45, 2.75) is 35.5 Å².